The van der Waals surface area contributed by atoms with Gasteiger partial charge in [-0.3, -0.25) is 0 Å². The van der Waals surface area contributed by atoms with Gasteiger partial charge >= 0.3 is 0 Å². The summed E-state index contributed by atoms with van der Waals surface area (Å²) >= 11 is 0. The van der Waals surface area contributed by atoms with Gasteiger partial charge in [0.2, 0.25) is 0 Å². The average molecular weight is 132 g/mol. The predicted octanol–water partition coefficient (Wildman–Crippen LogP) is 1.76. The third-order valence-electron chi connectivity index (χ3n) is 6.55. The lowest BCUT2D eigenvalue weighted by atomic mass is 8.93. The molecule has 6 aliphatic rings. The van der Waals surface area contributed by atoms with E-state index in [1.54, 1.807) is 0 Å². The van der Waals surface area contributed by atoms with E-state index in [1.165, 1.54) is 35.5 Å². The molecule has 0 atom stereocenters. The minimum Gasteiger partial charge on any atom is -0.0588 e. The van der Waals surface area contributed by atoms with E-state index < -0.39 is 0 Å². The molecule has 0 bridgehead atoms. The van der Waals surface area contributed by atoms with Gasteiger partial charge in [-0.1, -0.05) is 13.8 Å². The molecule has 0 aromatic carbocycles. The van der Waals surface area contributed by atoms with Crippen molar-refractivity contribution in [2.24, 2.45) is 46.3 Å². The molecule has 0 aliphatic heterocycles. The Balaban J connectivity index is 1.89. The molecule has 6 fully saturated rings. The van der Waals surface area contributed by atoms with Gasteiger partial charge in [0.25, 0.3) is 0 Å². The topological polar surface area (TPSA) is 0 Å². The fourth-order valence-electron chi connectivity index (χ4n) is 6.95. The molecule has 6 aliphatic carbocycles. The maximum atomic E-state index is 2.57. The summed E-state index contributed by atoms with van der Waals surface area (Å²) in [6.07, 6.45) is 0. The van der Waals surface area contributed by atoms with Crippen LogP contribution in [0, 0.1) is 46.3 Å². The molecule has 6 rings (SSSR count). The molecule has 52 valence electrons. The predicted molar refractivity (Wildman–Crippen MR) is 37.2 cm³/mol. The van der Waals surface area contributed by atoms with Crippen molar-refractivity contribution in [3.05, 3.63) is 0 Å². The molecule has 0 radical (unpaired) electrons. The van der Waals surface area contributed by atoms with Crippen LogP contribution in [0.5, 0.6) is 0 Å². The Labute approximate surface area is 61.0 Å². The van der Waals surface area contributed by atoms with Crippen LogP contribution in [0.4, 0.5) is 0 Å². The molecule has 0 spiro atoms. The van der Waals surface area contributed by atoms with Gasteiger partial charge < -0.3 is 0 Å². The molecular weight excluding hydrogens is 120 g/mol. The Morgan fingerprint density at radius 3 is 1.40 bits per heavy atom. The van der Waals surface area contributed by atoms with Crippen molar-refractivity contribution in [2.45, 2.75) is 13.8 Å². The minimum absolute atomic E-state index is 0.929. The van der Waals surface area contributed by atoms with Crippen molar-refractivity contribution in [3.8, 4) is 0 Å². The summed E-state index contributed by atoms with van der Waals surface area (Å²) in [7, 11) is 0. The molecule has 0 nitrogen and oxygen atoms in total. The molecule has 0 heterocycles. The zero-order chi connectivity index (χ0) is 6.46. The monoisotopic (exact) mass is 132 g/mol. The SMILES string of the molecule is CC12C3C4C5C3C1C5(C)C42. The maximum absolute atomic E-state index is 2.57. The molecule has 0 N–H and O–H groups in total. The lowest BCUT2D eigenvalue weighted by molar-refractivity contribution is -0.650. The van der Waals surface area contributed by atoms with E-state index in [-0.39, 0.29) is 0 Å². The number of rotatable bonds is 0. The first kappa shape index (κ1) is 4.13. The molecule has 0 amide bonds. The zero-order valence-electron chi connectivity index (χ0n) is 6.46. The van der Waals surface area contributed by atoms with Crippen molar-refractivity contribution in [1.82, 2.24) is 0 Å². The van der Waals surface area contributed by atoms with Crippen molar-refractivity contribution in [2.75, 3.05) is 0 Å². The summed E-state index contributed by atoms with van der Waals surface area (Å²) in [5.41, 5.74) is 1.86. The maximum Gasteiger partial charge on any atom is -0.0219 e. The van der Waals surface area contributed by atoms with Gasteiger partial charge in [0.15, 0.2) is 0 Å². The molecule has 0 unspecified atom stereocenters. The van der Waals surface area contributed by atoms with E-state index in [9.17, 15) is 0 Å². The molecule has 0 aromatic heterocycles. The molecule has 10 heavy (non-hydrogen) atoms. The summed E-state index contributed by atoms with van der Waals surface area (Å²) in [6.45, 7) is 5.13. The van der Waals surface area contributed by atoms with Crippen LogP contribution >= 0.6 is 0 Å². The van der Waals surface area contributed by atoms with Crippen molar-refractivity contribution >= 4 is 0 Å². The van der Waals surface area contributed by atoms with Gasteiger partial charge in [-0.05, 0) is 46.3 Å². The second kappa shape index (κ2) is 0.640. The molecule has 0 saturated heterocycles. The lowest BCUT2D eigenvalue weighted by Crippen LogP contribution is -3.08. The smallest absolute Gasteiger partial charge is 0.0219 e. The van der Waals surface area contributed by atoms with Crippen molar-refractivity contribution in [3.63, 3.8) is 0 Å². The highest BCUT2D eigenvalue weighted by Crippen LogP contribution is 3.10. The number of hydrogen-bond donors (Lipinski definition) is 0. The fraction of sp³-hybridized carbons (Fsp3) is 1.00. The average Bonchev–Trinajstić information content (AvgIpc) is 1.86. The second-order valence-electron chi connectivity index (χ2n) is 5.89. The standard InChI is InChI=1S/C10H12/c1-9-5-3-6-4(5)8(9)10(6,2)7(3)9/h3-8H,1-2H3. The van der Waals surface area contributed by atoms with Gasteiger partial charge in [0, 0.05) is 0 Å². The summed E-state index contributed by atoms with van der Waals surface area (Å²) in [6, 6.07) is 0. The highest BCUT2D eigenvalue weighted by molar-refractivity contribution is 5.53. The Morgan fingerprint density at radius 1 is 0.800 bits per heavy atom. The van der Waals surface area contributed by atoms with Crippen LogP contribution in [-0.4, -0.2) is 0 Å². The van der Waals surface area contributed by atoms with E-state index in [1.807, 2.05) is 0 Å². The van der Waals surface area contributed by atoms with Gasteiger partial charge in [0.05, 0.1) is 0 Å². The Kier molecular flexibility index (Phi) is 0.264. The van der Waals surface area contributed by atoms with Crippen LogP contribution in [0.25, 0.3) is 0 Å². The fourth-order valence-corrected chi connectivity index (χ4v) is 6.95. The van der Waals surface area contributed by atoms with Gasteiger partial charge in [-0.2, -0.15) is 0 Å². The van der Waals surface area contributed by atoms with Crippen LogP contribution in [0.15, 0.2) is 0 Å². The number of hydrogen-bond acceptors (Lipinski definition) is 0. The van der Waals surface area contributed by atoms with E-state index in [2.05, 4.69) is 13.8 Å². The zero-order valence-corrected chi connectivity index (χ0v) is 6.46. The van der Waals surface area contributed by atoms with Gasteiger partial charge in [0.1, 0.15) is 0 Å². The van der Waals surface area contributed by atoms with Crippen LogP contribution in [0.3, 0.4) is 0 Å². The van der Waals surface area contributed by atoms with Gasteiger partial charge in [-0.25, -0.2) is 0 Å². The van der Waals surface area contributed by atoms with Crippen LogP contribution in [0.1, 0.15) is 13.8 Å². The molecular formula is C10H12. The van der Waals surface area contributed by atoms with Gasteiger partial charge in [-0.15, -0.1) is 0 Å². The lowest BCUT2D eigenvalue weighted by Gasteiger charge is -3.11. The normalized spacial score (nSPS) is 104. The third-order valence-corrected chi connectivity index (χ3v) is 6.55. The van der Waals surface area contributed by atoms with Crippen molar-refractivity contribution in [1.29, 1.82) is 0 Å². The molecule has 0 aromatic rings. The van der Waals surface area contributed by atoms with E-state index in [0.717, 1.165) is 10.8 Å². The minimum atomic E-state index is 0.929. The first-order valence-electron chi connectivity index (χ1n) is 4.73. The van der Waals surface area contributed by atoms with Crippen molar-refractivity contribution < 1.29 is 0 Å². The Morgan fingerprint density at radius 2 is 1.20 bits per heavy atom. The van der Waals surface area contributed by atoms with E-state index in [0.29, 0.717) is 0 Å². The highest BCUT2D eigenvalue weighted by atomic mass is 15.1. The first-order chi connectivity index (χ1) is 4.73. The summed E-state index contributed by atoms with van der Waals surface area (Å²) in [4.78, 5) is 0. The molecule has 0 heteroatoms. The second-order valence-corrected chi connectivity index (χ2v) is 5.89. The van der Waals surface area contributed by atoms with Crippen LogP contribution in [-0.2, 0) is 0 Å². The quantitative estimate of drug-likeness (QED) is 0.471. The van der Waals surface area contributed by atoms with Crippen LogP contribution in [0.2, 0.25) is 0 Å². The Hall–Kier alpha value is 0. The third kappa shape index (κ3) is 0.109. The summed E-state index contributed by atoms with van der Waals surface area (Å²) in [5.74, 6) is 7.51. The van der Waals surface area contributed by atoms with Crippen LogP contribution < -0.4 is 0 Å². The summed E-state index contributed by atoms with van der Waals surface area (Å²) < 4.78 is 0. The Bertz CT molecular complexity index is 244. The van der Waals surface area contributed by atoms with E-state index >= 15 is 0 Å². The molecule has 6 saturated carbocycles. The largest absolute Gasteiger partial charge is 0.0588 e. The first-order valence-corrected chi connectivity index (χ1v) is 4.73. The van der Waals surface area contributed by atoms with E-state index in [4.69, 9.17) is 0 Å². The summed E-state index contributed by atoms with van der Waals surface area (Å²) in [5, 5.41) is 0. The highest BCUT2D eigenvalue weighted by Gasteiger charge is 3.07.